The normalized spacial score (nSPS) is 16.4. The van der Waals surface area contributed by atoms with Crippen molar-refractivity contribution in [2.75, 3.05) is 26.7 Å². The second-order valence-electron chi connectivity index (χ2n) is 6.24. The van der Waals surface area contributed by atoms with Crippen LogP contribution in [0.15, 0.2) is 48.5 Å². The number of nitrogens with zero attached hydrogens (tertiary/aromatic N) is 1. The molecule has 0 saturated heterocycles. The molecule has 0 fully saturated rings. The zero-order valence-electron chi connectivity index (χ0n) is 13.7. The number of β-amino-alcohol motifs (C(OH)–C–C–N with tert-alkyl or cyclic N) is 1. The molecule has 0 unspecified atom stereocenters. The predicted molar refractivity (Wildman–Crippen MR) is 93.0 cm³/mol. The second-order valence-corrected chi connectivity index (χ2v) is 6.24. The molecule has 3 rings (SSSR count). The molecular weight excluding hydrogens is 286 g/mol. The molecule has 0 spiro atoms. The summed E-state index contributed by atoms with van der Waals surface area (Å²) in [5.74, 6) is 0.995. The molecule has 0 aliphatic carbocycles. The summed E-state index contributed by atoms with van der Waals surface area (Å²) in [5.41, 5.74) is 3.90. The van der Waals surface area contributed by atoms with E-state index in [4.69, 9.17) is 4.74 Å². The van der Waals surface area contributed by atoms with Crippen molar-refractivity contribution in [1.29, 1.82) is 0 Å². The monoisotopic (exact) mass is 311 g/mol. The van der Waals surface area contributed by atoms with Crippen LogP contribution >= 0.6 is 0 Å². The first-order valence-electron chi connectivity index (χ1n) is 8.35. The topological polar surface area (TPSA) is 32.7 Å². The quantitative estimate of drug-likeness (QED) is 0.921. The highest BCUT2D eigenvalue weighted by Gasteiger charge is 2.19. The molecule has 0 saturated carbocycles. The van der Waals surface area contributed by atoms with E-state index in [2.05, 4.69) is 29.2 Å². The summed E-state index contributed by atoms with van der Waals surface area (Å²) < 4.78 is 5.50. The summed E-state index contributed by atoms with van der Waals surface area (Å²) in [4.78, 5) is 2.37. The minimum Gasteiger partial charge on any atom is -0.496 e. The molecule has 0 bridgehead atoms. The van der Waals surface area contributed by atoms with Gasteiger partial charge in [-0.25, -0.2) is 0 Å². The highest BCUT2D eigenvalue weighted by atomic mass is 16.5. The Hall–Kier alpha value is -1.84. The van der Waals surface area contributed by atoms with E-state index < -0.39 is 0 Å². The van der Waals surface area contributed by atoms with Gasteiger partial charge >= 0.3 is 0 Å². The molecule has 0 aromatic heterocycles. The van der Waals surface area contributed by atoms with Gasteiger partial charge in [0.1, 0.15) is 5.75 Å². The van der Waals surface area contributed by atoms with Gasteiger partial charge in [-0.3, -0.25) is 0 Å². The molecule has 1 aliphatic heterocycles. The molecule has 23 heavy (non-hydrogen) atoms. The van der Waals surface area contributed by atoms with Gasteiger partial charge in [0.25, 0.3) is 0 Å². The van der Waals surface area contributed by atoms with Crippen molar-refractivity contribution in [2.24, 2.45) is 0 Å². The molecule has 0 radical (unpaired) electrons. The van der Waals surface area contributed by atoms with Gasteiger partial charge in [-0.1, -0.05) is 42.5 Å². The largest absolute Gasteiger partial charge is 0.496 e. The third-order valence-electron chi connectivity index (χ3n) is 4.61. The van der Waals surface area contributed by atoms with Crippen LogP contribution in [0.3, 0.4) is 0 Å². The molecule has 1 N–H and O–H groups in total. The van der Waals surface area contributed by atoms with Crippen molar-refractivity contribution < 1.29 is 9.84 Å². The lowest BCUT2D eigenvalue weighted by Gasteiger charge is -2.23. The molecule has 3 heteroatoms. The number of ether oxygens (including phenoxy) is 1. The highest BCUT2D eigenvalue weighted by Crippen LogP contribution is 2.25. The van der Waals surface area contributed by atoms with Crippen LogP contribution in [0.4, 0.5) is 0 Å². The lowest BCUT2D eigenvalue weighted by atomic mass is 10.0. The Morgan fingerprint density at radius 1 is 1.04 bits per heavy atom. The Labute approximate surface area is 138 Å². The number of hydrogen-bond donors (Lipinski definition) is 1. The fraction of sp³-hybridized carbons (Fsp3) is 0.400. The van der Waals surface area contributed by atoms with Crippen LogP contribution in [0.2, 0.25) is 0 Å². The van der Waals surface area contributed by atoms with E-state index >= 15 is 0 Å². The van der Waals surface area contributed by atoms with Crippen molar-refractivity contribution >= 4 is 0 Å². The van der Waals surface area contributed by atoms with Crippen LogP contribution in [-0.2, 0) is 19.3 Å². The summed E-state index contributed by atoms with van der Waals surface area (Å²) in [7, 11) is 1.74. The molecule has 2 aromatic rings. The van der Waals surface area contributed by atoms with Gasteiger partial charge in [0.15, 0.2) is 0 Å². The summed E-state index contributed by atoms with van der Waals surface area (Å²) in [6.07, 6.45) is 2.40. The van der Waals surface area contributed by atoms with Gasteiger partial charge in [0.2, 0.25) is 0 Å². The summed E-state index contributed by atoms with van der Waals surface area (Å²) >= 11 is 0. The number of benzene rings is 2. The Balaban J connectivity index is 1.59. The smallest absolute Gasteiger partial charge is 0.122 e. The van der Waals surface area contributed by atoms with Gasteiger partial charge in [0, 0.05) is 19.6 Å². The van der Waals surface area contributed by atoms with Crippen LogP contribution < -0.4 is 4.74 Å². The fourth-order valence-corrected chi connectivity index (χ4v) is 3.41. The molecular formula is C20H25NO2. The van der Waals surface area contributed by atoms with Gasteiger partial charge in [-0.05, 0) is 42.0 Å². The fourth-order valence-electron chi connectivity index (χ4n) is 3.41. The zero-order valence-corrected chi connectivity index (χ0v) is 13.7. The van der Waals surface area contributed by atoms with Crippen LogP contribution in [0.1, 0.15) is 16.7 Å². The number of aliphatic hydroxyl groups excluding tert-OH is 1. The Morgan fingerprint density at radius 2 is 1.83 bits per heavy atom. The van der Waals surface area contributed by atoms with E-state index in [9.17, 15) is 5.11 Å². The first-order chi connectivity index (χ1) is 11.3. The lowest BCUT2D eigenvalue weighted by Crippen LogP contribution is -2.35. The number of hydrogen-bond acceptors (Lipinski definition) is 3. The van der Waals surface area contributed by atoms with E-state index in [1.54, 1.807) is 7.11 Å². The minimum atomic E-state index is -0.319. The van der Waals surface area contributed by atoms with Gasteiger partial charge in [-0.2, -0.15) is 0 Å². The SMILES string of the molecule is COc1cccc2c1CCN(C[C@@H](O)Cc1ccccc1)CC2. The third-order valence-corrected chi connectivity index (χ3v) is 4.61. The van der Waals surface area contributed by atoms with Crippen LogP contribution in [-0.4, -0.2) is 42.9 Å². The maximum Gasteiger partial charge on any atom is 0.122 e. The highest BCUT2D eigenvalue weighted by molar-refractivity contribution is 5.41. The Kier molecular flexibility index (Phi) is 5.31. The zero-order chi connectivity index (χ0) is 16.1. The van der Waals surface area contributed by atoms with Crippen molar-refractivity contribution in [2.45, 2.75) is 25.4 Å². The molecule has 0 amide bonds. The number of methoxy groups -OCH3 is 1. The summed E-state index contributed by atoms with van der Waals surface area (Å²) in [6, 6.07) is 16.5. The van der Waals surface area contributed by atoms with E-state index in [0.717, 1.165) is 38.2 Å². The van der Waals surface area contributed by atoms with Crippen molar-refractivity contribution in [3.8, 4) is 5.75 Å². The van der Waals surface area contributed by atoms with Crippen LogP contribution in [0.25, 0.3) is 0 Å². The van der Waals surface area contributed by atoms with Crippen LogP contribution in [0, 0.1) is 0 Å². The van der Waals surface area contributed by atoms with Crippen molar-refractivity contribution in [1.82, 2.24) is 4.90 Å². The van der Waals surface area contributed by atoms with Crippen molar-refractivity contribution in [3.05, 3.63) is 65.2 Å². The van der Waals surface area contributed by atoms with E-state index in [0.29, 0.717) is 6.42 Å². The second kappa shape index (κ2) is 7.62. The molecule has 1 atom stereocenters. The maximum atomic E-state index is 10.4. The number of fused-ring (bicyclic) bond motifs is 1. The molecule has 122 valence electrons. The van der Waals surface area contributed by atoms with E-state index in [1.807, 2.05) is 24.3 Å². The molecule has 2 aromatic carbocycles. The van der Waals surface area contributed by atoms with E-state index in [-0.39, 0.29) is 6.10 Å². The lowest BCUT2D eigenvalue weighted by molar-refractivity contribution is 0.115. The standard InChI is InChI=1S/C20H25NO2/c1-23-20-9-5-8-17-10-12-21(13-11-19(17)20)15-18(22)14-16-6-3-2-4-7-16/h2-9,18,22H,10-15H2,1H3/t18-/m0/s1. The van der Waals surface area contributed by atoms with Gasteiger partial charge in [0.05, 0.1) is 13.2 Å². The molecule has 3 nitrogen and oxygen atoms in total. The number of rotatable bonds is 5. The minimum absolute atomic E-state index is 0.319. The predicted octanol–water partition coefficient (Wildman–Crippen LogP) is 2.70. The first kappa shape index (κ1) is 16.0. The molecule has 1 heterocycles. The van der Waals surface area contributed by atoms with E-state index in [1.165, 1.54) is 16.7 Å². The average Bonchev–Trinajstić information content (AvgIpc) is 2.78. The third kappa shape index (κ3) is 4.12. The Bertz CT molecular complexity index is 627. The first-order valence-corrected chi connectivity index (χ1v) is 8.35. The van der Waals surface area contributed by atoms with Crippen molar-refractivity contribution in [3.63, 3.8) is 0 Å². The van der Waals surface area contributed by atoms with Gasteiger partial charge < -0.3 is 14.7 Å². The number of aliphatic hydroxyl groups is 1. The summed E-state index contributed by atoms with van der Waals surface area (Å²) in [5, 5.41) is 10.4. The van der Waals surface area contributed by atoms with Gasteiger partial charge in [-0.15, -0.1) is 0 Å². The Morgan fingerprint density at radius 3 is 2.61 bits per heavy atom. The van der Waals surface area contributed by atoms with Crippen LogP contribution in [0.5, 0.6) is 5.75 Å². The molecule has 1 aliphatic rings. The maximum absolute atomic E-state index is 10.4. The average molecular weight is 311 g/mol. The summed E-state index contributed by atoms with van der Waals surface area (Å²) in [6.45, 7) is 2.69.